The maximum atomic E-state index is 13.4. The Labute approximate surface area is 188 Å². The van der Waals surface area contributed by atoms with E-state index in [1.165, 1.54) is 6.33 Å². The third-order valence-corrected chi connectivity index (χ3v) is 6.64. The van der Waals surface area contributed by atoms with E-state index in [2.05, 4.69) is 15.6 Å². The number of nitrogens with one attached hydrogen (secondary N) is 2. The molecule has 0 spiro atoms. The van der Waals surface area contributed by atoms with Crippen molar-refractivity contribution in [3.63, 3.8) is 0 Å². The number of nitrogens with zero attached hydrogens (tertiary/aromatic N) is 3. The highest BCUT2D eigenvalue weighted by Gasteiger charge is 2.48. The number of carbonyl (C=O) groups excluding carboxylic acids is 3. The molecule has 1 aliphatic carbocycles. The van der Waals surface area contributed by atoms with Gasteiger partial charge in [0, 0.05) is 19.1 Å². The first-order chi connectivity index (χ1) is 15.3. The number of hydrogen-bond donors (Lipinski definition) is 2. The van der Waals surface area contributed by atoms with Crippen LogP contribution in [0, 0.1) is 6.92 Å². The molecule has 1 aliphatic heterocycles. The van der Waals surface area contributed by atoms with Crippen LogP contribution in [0.25, 0.3) is 0 Å². The number of aryl methyl sites for hydroxylation is 1. The molecule has 8 nitrogen and oxygen atoms in total. The summed E-state index contributed by atoms with van der Waals surface area (Å²) >= 11 is 0. The fourth-order valence-electron chi connectivity index (χ4n) is 4.73. The molecule has 1 fully saturated rings. The molecule has 2 aromatic rings. The number of imidazole rings is 1. The van der Waals surface area contributed by atoms with Crippen molar-refractivity contribution in [2.45, 2.75) is 71.1 Å². The number of likely N-dealkylation sites (N-methyl/N-ethyl adjacent to an activating group) is 1. The molecule has 2 aliphatic rings. The number of rotatable bonds is 6. The molecule has 32 heavy (non-hydrogen) atoms. The molecule has 1 aromatic carbocycles. The third kappa shape index (κ3) is 4.01. The average molecular weight is 438 g/mol. The zero-order valence-electron chi connectivity index (χ0n) is 19.0. The largest absolute Gasteiger partial charge is 0.351 e. The maximum Gasteiger partial charge on any atom is 0.273 e. The molecule has 1 saturated carbocycles. The Hall–Kier alpha value is -3.16. The van der Waals surface area contributed by atoms with E-state index in [0.717, 1.165) is 36.8 Å². The number of benzene rings is 1. The van der Waals surface area contributed by atoms with Crippen molar-refractivity contribution in [2.24, 2.45) is 0 Å². The molecule has 2 heterocycles. The zero-order chi connectivity index (χ0) is 22.9. The second-order valence-corrected chi connectivity index (χ2v) is 9.02. The van der Waals surface area contributed by atoms with E-state index in [1.807, 2.05) is 38.1 Å². The summed E-state index contributed by atoms with van der Waals surface area (Å²) in [5.74, 6) is -0.895. The van der Waals surface area contributed by atoms with Crippen LogP contribution in [-0.2, 0) is 17.9 Å². The first-order valence-corrected chi connectivity index (χ1v) is 11.3. The smallest absolute Gasteiger partial charge is 0.273 e. The lowest BCUT2D eigenvalue weighted by molar-refractivity contribution is -0.133. The van der Waals surface area contributed by atoms with Gasteiger partial charge in [0.05, 0.1) is 12.9 Å². The van der Waals surface area contributed by atoms with Crippen molar-refractivity contribution < 1.29 is 14.4 Å². The van der Waals surface area contributed by atoms with Gasteiger partial charge in [0.15, 0.2) is 5.69 Å². The van der Waals surface area contributed by atoms with Crippen molar-refractivity contribution >= 4 is 17.7 Å². The Balaban J connectivity index is 1.53. The quantitative estimate of drug-likeness (QED) is 0.725. The molecule has 8 heteroatoms. The van der Waals surface area contributed by atoms with Gasteiger partial charge in [0.25, 0.3) is 11.8 Å². The van der Waals surface area contributed by atoms with Gasteiger partial charge in [0.2, 0.25) is 5.91 Å². The second-order valence-electron chi connectivity index (χ2n) is 9.02. The van der Waals surface area contributed by atoms with E-state index < -0.39 is 11.4 Å². The SMILES string of the molecule is CCN1C(=O)c2c(C(=O)NCc3ccc(C)cc3)ncn2CC1(C)C(=O)NC1CCCC1. The van der Waals surface area contributed by atoms with Crippen LogP contribution in [0.5, 0.6) is 0 Å². The van der Waals surface area contributed by atoms with Gasteiger partial charge in [-0.05, 0) is 39.2 Å². The summed E-state index contributed by atoms with van der Waals surface area (Å²) < 4.78 is 1.64. The highest BCUT2D eigenvalue weighted by atomic mass is 16.2. The van der Waals surface area contributed by atoms with Gasteiger partial charge in [-0.15, -0.1) is 0 Å². The van der Waals surface area contributed by atoms with E-state index >= 15 is 0 Å². The molecular weight excluding hydrogens is 406 g/mol. The topological polar surface area (TPSA) is 96.3 Å². The highest BCUT2D eigenvalue weighted by molar-refractivity contribution is 6.07. The fourth-order valence-corrected chi connectivity index (χ4v) is 4.73. The minimum atomic E-state index is -1.03. The van der Waals surface area contributed by atoms with Gasteiger partial charge in [-0.25, -0.2) is 4.98 Å². The maximum absolute atomic E-state index is 13.4. The van der Waals surface area contributed by atoms with E-state index in [-0.39, 0.29) is 35.8 Å². The predicted octanol–water partition coefficient (Wildman–Crippen LogP) is 2.41. The van der Waals surface area contributed by atoms with Crippen LogP contribution in [0.3, 0.4) is 0 Å². The lowest BCUT2D eigenvalue weighted by Crippen LogP contribution is -2.64. The summed E-state index contributed by atoms with van der Waals surface area (Å²) in [6, 6.07) is 8.05. The summed E-state index contributed by atoms with van der Waals surface area (Å²) in [6.45, 7) is 6.62. The molecule has 1 aromatic heterocycles. The first kappa shape index (κ1) is 22.0. The van der Waals surface area contributed by atoms with Crippen LogP contribution in [0.1, 0.15) is 71.6 Å². The Morgan fingerprint density at radius 3 is 2.53 bits per heavy atom. The molecule has 0 radical (unpaired) electrons. The van der Waals surface area contributed by atoms with Crippen LogP contribution >= 0.6 is 0 Å². The third-order valence-electron chi connectivity index (χ3n) is 6.64. The molecule has 0 bridgehead atoms. The molecule has 3 amide bonds. The van der Waals surface area contributed by atoms with Gasteiger partial charge >= 0.3 is 0 Å². The van der Waals surface area contributed by atoms with Crippen molar-refractivity contribution in [3.05, 3.63) is 53.1 Å². The van der Waals surface area contributed by atoms with Crippen LogP contribution in [0.4, 0.5) is 0 Å². The van der Waals surface area contributed by atoms with Gasteiger partial charge in [-0.1, -0.05) is 42.7 Å². The summed E-state index contributed by atoms with van der Waals surface area (Å²) in [7, 11) is 0. The number of amides is 3. The monoisotopic (exact) mass is 437 g/mol. The van der Waals surface area contributed by atoms with E-state index in [1.54, 1.807) is 16.4 Å². The summed E-state index contributed by atoms with van der Waals surface area (Å²) in [6.07, 6.45) is 5.67. The van der Waals surface area contributed by atoms with Crippen LogP contribution < -0.4 is 10.6 Å². The lowest BCUT2D eigenvalue weighted by atomic mass is 9.94. The molecule has 4 rings (SSSR count). The Morgan fingerprint density at radius 2 is 1.88 bits per heavy atom. The van der Waals surface area contributed by atoms with Crippen molar-refractivity contribution in [1.29, 1.82) is 0 Å². The minimum absolute atomic E-state index is 0.0961. The van der Waals surface area contributed by atoms with Crippen LogP contribution in [0.15, 0.2) is 30.6 Å². The highest BCUT2D eigenvalue weighted by Crippen LogP contribution is 2.29. The van der Waals surface area contributed by atoms with Crippen molar-refractivity contribution in [2.75, 3.05) is 6.54 Å². The Kier molecular flexibility index (Phi) is 6.04. The Bertz CT molecular complexity index is 1020. The molecular formula is C24H31N5O3. The van der Waals surface area contributed by atoms with Crippen molar-refractivity contribution in [3.8, 4) is 0 Å². The van der Waals surface area contributed by atoms with Gasteiger partial charge in [-0.2, -0.15) is 0 Å². The molecule has 1 unspecified atom stereocenters. The van der Waals surface area contributed by atoms with Crippen LogP contribution in [0.2, 0.25) is 0 Å². The number of hydrogen-bond acceptors (Lipinski definition) is 4. The van der Waals surface area contributed by atoms with E-state index in [0.29, 0.717) is 13.1 Å². The predicted molar refractivity (Wildman–Crippen MR) is 120 cm³/mol. The number of aromatic nitrogens is 2. The van der Waals surface area contributed by atoms with Gasteiger partial charge in [-0.3, -0.25) is 14.4 Å². The van der Waals surface area contributed by atoms with E-state index in [4.69, 9.17) is 0 Å². The van der Waals surface area contributed by atoms with Gasteiger partial charge < -0.3 is 20.1 Å². The van der Waals surface area contributed by atoms with Gasteiger partial charge in [0.1, 0.15) is 11.2 Å². The van der Waals surface area contributed by atoms with Crippen LogP contribution in [-0.4, -0.2) is 50.3 Å². The zero-order valence-corrected chi connectivity index (χ0v) is 19.0. The lowest BCUT2D eigenvalue weighted by Gasteiger charge is -2.43. The molecule has 2 N–H and O–H groups in total. The first-order valence-electron chi connectivity index (χ1n) is 11.3. The Morgan fingerprint density at radius 1 is 1.19 bits per heavy atom. The number of fused-ring (bicyclic) bond motifs is 1. The second kappa shape index (κ2) is 8.76. The number of carbonyl (C=O) groups is 3. The molecule has 170 valence electrons. The standard InChI is InChI=1S/C24H31N5O3/c1-4-29-22(31)20-19(21(30)25-13-17-11-9-16(2)10-12-17)26-15-28(20)14-24(29,3)23(32)27-18-7-5-6-8-18/h9-12,15,18H,4-8,13-14H2,1-3H3,(H,25,30)(H,27,32). The fraction of sp³-hybridized carbons (Fsp3) is 0.500. The van der Waals surface area contributed by atoms with Crippen molar-refractivity contribution in [1.82, 2.24) is 25.1 Å². The van der Waals surface area contributed by atoms with E-state index in [9.17, 15) is 14.4 Å². The normalized spacial score (nSPS) is 20.8. The molecule has 0 saturated heterocycles. The summed E-state index contributed by atoms with van der Waals surface area (Å²) in [5.41, 5.74) is 1.42. The molecule has 1 atom stereocenters. The average Bonchev–Trinajstić information content (AvgIpc) is 3.43. The minimum Gasteiger partial charge on any atom is -0.351 e. The summed E-state index contributed by atoms with van der Waals surface area (Å²) in [4.78, 5) is 45.3. The summed E-state index contributed by atoms with van der Waals surface area (Å²) in [5, 5.41) is 5.98.